The van der Waals surface area contributed by atoms with Crippen molar-refractivity contribution < 1.29 is 18.8 Å². The first-order chi connectivity index (χ1) is 16.9. The Kier molecular flexibility index (Phi) is 6.00. The second-order valence-electron chi connectivity index (χ2n) is 8.13. The molecule has 35 heavy (non-hydrogen) atoms. The molecule has 0 saturated heterocycles. The molecule has 1 aliphatic rings. The molecule has 178 valence electrons. The van der Waals surface area contributed by atoms with Crippen molar-refractivity contribution in [1.29, 1.82) is 0 Å². The molecule has 0 bridgehead atoms. The SMILES string of the molecule is Cc1cc(C)n(CC(=O)NCc2ccc3c(c2)OCO3)c(=O)c1-c1nc(-c2cccc(Cl)c2)no1. The van der Waals surface area contributed by atoms with Crippen LogP contribution in [0, 0.1) is 13.8 Å². The zero-order chi connectivity index (χ0) is 24.5. The maximum atomic E-state index is 13.4. The van der Waals surface area contributed by atoms with Crippen LogP contribution in [0.2, 0.25) is 5.02 Å². The molecule has 0 spiro atoms. The highest BCUT2D eigenvalue weighted by Gasteiger charge is 2.20. The fourth-order valence-corrected chi connectivity index (χ4v) is 4.10. The molecule has 3 heterocycles. The Morgan fingerprint density at radius 1 is 1.11 bits per heavy atom. The first-order valence-electron chi connectivity index (χ1n) is 10.9. The zero-order valence-electron chi connectivity index (χ0n) is 19.0. The number of benzene rings is 2. The summed E-state index contributed by atoms with van der Waals surface area (Å²) in [6, 6.07) is 14.3. The van der Waals surface area contributed by atoms with Crippen molar-refractivity contribution >= 4 is 17.5 Å². The van der Waals surface area contributed by atoms with Gasteiger partial charge in [0.1, 0.15) is 12.1 Å². The lowest BCUT2D eigenvalue weighted by atomic mass is 10.1. The Hall–Kier alpha value is -4.11. The summed E-state index contributed by atoms with van der Waals surface area (Å²) in [5.41, 5.74) is 2.70. The number of nitrogens with one attached hydrogen (secondary N) is 1. The summed E-state index contributed by atoms with van der Waals surface area (Å²) in [7, 11) is 0. The third kappa shape index (κ3) is 4.63. The summed E-state index contributed by atoms with van der Waals surface area (Å²) in [6.07, 6.45) is 0. The number of carbonyl (C=O) groups excluding carboxylic acids is 1. The molecule has 1 aliphatic heterocycles. The minimum atomic E-state index is -0.387. The van der Waals surface area contributed by atoms with E-state index in [0.29, 0.717) is 39.2 Å². The van der Waals surface area contributed by atoms with Crippen molar-refractivity contribution in [3.63, 3.8) is 0 Å². The van der Waals surface area contributed by atoms with Gasteiger partial charge < -0.3 is 23.9 Å². The van der Waals surface area contributed by atoms with Gasteiger partial charge in [0.15, 0.2) is 11.5 Å². The number of fused-ring (bicyclic) bond motifs is 1. The molecule has 4 aromatic rings. The quantitative estimate of drug-likeness (QED) is 0.435. The lowest BCUT2D eigenvalue weighted by Crippen LogP contribution is -2.34. The predicted octanol–water partition coefficient (Wildman–Crippen LogP) is 3.88. The van der Waals surface area contributed by atoms with Crippen molar-refractivity contribution in [3.05, 3.63) is 80.7 Å². The molecule has 0 atom stereocenters. The van der Waals surface area contributed by atoms with Gasteiger partial charge in [0.05, 0.1) is 0 Å². The van der Waals surface area contributed by atoms with Gasteiger partial charge in [-0.15, -0.1) is 0 Å². The van der Waals surface area contributed by atoms with Gasteiger partial charge in [-0.05, 0) is 55.3 Å². The second kappa shape index (κ2) is 9.27. The number of amides is 1. The van der Waals surface area contributed by atoms with Crippen LogP contribution in [0.25, 0.3) is 22.8 Å². The van der Waals surface area contributed by atoms with Crippen LogP contribution in [-0.2, 0) is 17.9 Å². The van der Waals surface area contributed by atoms with Crippen molar-refractivity contribution in [1.82, 2.24) is 20.0 Å². The number of aryl methyl sites for hydroxylation is 2. The summed E-state index contributed by atoms with van der Waals surface area (Å²) in [5, 5.41) is 7.37. The Morgan fingerprint density at radius 2 is 1.94 bits per heavy atom. The van der Waals surface area contributed by atoms with Crippen LogP contribution in [0.15, 0.2) is 57.8 Å². The topological polar surface area (TPSA) is 108 Å². The Morgan fingerprint density at radius 3 is 2.77 bits per heavy atom. The lowest BCUT2D eigenvalue weighted by molar-refractivity contribution is -0.121. The van der Waals surface area contributed by atoms with Gasteiger partial charge >= 0.3 is 0 Å². The molecule has 0 unspecified atom stereocenters. The molecule has 1 N–H and O–H groups in total. The van der Waals surface area contributed by atoms with Gasteiger partial charge in [0.25, 0.3) is 11.4 Å². The number of pyridine rings is 1. The third-order valence-corrected chi connectivity index (χ3v) is 5.89. The summed E-state index contributed by atoms with van der Waals surface area (Å²) in [6.45, 7) is 3.88. The van der Waals surface area contributed by atoms with Crippen molar-refractivity contribution in [2.75, 3.05) is 6.79 Å². The second-order valence-corrected chi connectivity index (χ2v) is 8.57. The van der Waals surface area contributed by atoms with Crippen LogP contribution < -0.4 is 20.3 Å². The van der Waals surface area contributed by atoms with E-state index in [1.807, 2.05) is 18.2 Å². The molecule has 0 aliphatic carbocycles. The molecule has 5 rings (SSSR count). The van der Waals surface area contributed by atoms with Gasteiger partial charge in [0, 0.05) is 22.8 Å². The summed E-state index contributed by atoms with van der Waals surface area (Å²) in [4.78, 5) is 30.4. The van der Waals surface area contributed by atoms with Gasteiger partial charge in [-0.2, -0.15) is 4.98 Å². The normalized spacial score (nSPS) is 12.1. The van der Waals surface area contributed by atoms with Crippen LogP contribution in [0.4, 0.5) is 0 Å². The predicted molar refractivity (Wildman–Crippen MR) is 128 cm³/mol. The molecule has 0 radical (unpaired) electrons. The van der Waals surface area contributed by atoms with E-state index in [4.69, 9.17) is 25.6 Å². The van der Waals surface area contributed by atoms with E-state index in [9.17, 15) is 9.59 Å². The molecule has 1 amide bonds. The smallest absolute Gasteiger partial charge is 0.264 e. The van der Waals surface area contributed by atoms with Crippen LogP contribution in [0.3, 0.4) is 0 Å². The fourth-order valence-electron chi connectivity index (χ4n) is 3.90. The van der Waals surface area contributed by atoms with Crippen LogP contribution in [0.5, 0.6) is 11.5 Å². The Bertz CT molecular complexity index is 1490. The monoisotopic (exact) mass is 492 g/mol. The first kappa shape index (κ1) is 22.7. The van der Waals surface area contributed by atoms with Gasteiger partial charge in [0.2, 0.25) is 18.5 Å². The van der Waals surface area contributed by atoms with Crippen LogP contribution in [0.1, 0.15) is 16.8 Å². The van der Waals surface area contributed by atoms with E-state index in [1.54, 1.807) is 44.2 Å². The number of ether oxygens (including phenoxy) is 2. The molecule has 0 saturated carbocycles. The largest absolute Gasteiger partial charge is 0.454 e. The number of hydrogen-bond donors (Lipinski definition) is 1. The molecule has 2 aromatic carbocycles. The molecule has 0 fully saturated rings. The molecular weight excluding hydrogens is 472 g/mol. The van der Waals surface area contributed by atoms with E-state index < -0.39 is 0 Å². The zero-order valence-corrected chi connectivity index (χ0v) is 19.8. The highest BCUT2D eigenvalue weighted by atomic mass is 35.5. The van der Waals surface area contributed by atoms with Gasteiger partial charge in [-0.3, -0.25) is 9.59 Å². The molecule has 2 aromatic heterocycles. The number of aromatic nitrogens is 3. The summed E-state index contributed by atoms with van der Waals surface area (Å²) in [5.74, 6) is 1.40. The Labute approximate surface area is 205 Å². The van der Waals surface area contributed by atoms with Crippen LogP contribution in [-0.4, -0.2) is 27.4 Å². The highest BCUT2D eigenvalue weighted by Crippen LogP contribution is 2.32. The van der Waals surface area contributed by atoms with Gasteiger partial charge in [-0.25, -0.2) is 0 Å². The van der Waals surface area contributed by atoms with Crippen molar-refractivity contribution in [2.24, 2.45) is 0 Å². The number of nitrogens with zero attached hydrogens (tertiary/aromatic N) is 3. The van der Waals surface area contributed by atoms with E-state index >= 15 is 0 Å². The maximum absolute atomic E-state index is 13.4. The number of carbonyl (C=O) groups is 1. The molecular formula is C25H21ClN4O5. The standard InChI is InChI=1S/C25H21ClN4O5/c1-14-8-15(2)30(12-21(31)27-11-16-6-7-19-20(9-16)34-13-33-19)25(32)22(14)24-28-23(29-35-24)17-4-3-5-18(26)10-17/h3-10H,11-13H2,1-2H3,(H,27,31). The number of rotatable bonds is 6. The third-order valence-electron chi connectivity index (χ3n) is 5.66. The highest BCUT2D eigenvalue weighted by molar-refractivity contribution is 6.30. The summed E-state index contributed by atoms with van der Waals surface area (Å²) >= 11 is 6.06. The molecule has 9 nitrogen and oxygen atoms in total. The number of hydrogen-bond acceptors (Lipinski definition) is 7. The first-order valence-corrected chi connectivity index (χ1v) is 11.2. The molecule has 10 heteroatoms. The lowest BCUT2D eigenvalue weighted by Gasteiger charge is -2.13. The van der Waals surface area contributed by atoms with Crippen molar-refractivity contribution in [2.45, 2.75) is 26.9 Å². The van der Waals surface area contributed by atoms with Crippen molar-refractivity contribution in [3.8, 4) is 34.3 Å². The van der Waals surface area contributed by atoms with E-state index in [1.165, 1.54) is 4.57 Å². The minimum absolute atomic E-state index is 0.0805. The van der Waals surface area contributed by atoms with E-state index in [0.717, 1.165) is 5.56 Å². The Balaban J connectivity index is 1.36. The number of halogens is 1. The van der Waals surface area contributed by atoms with Crippen LogP contribution >= 0.6 is 11.6 Å². The van der Waals surface area contributed by atoms with E-state index in [2.05, 4.69) is 15.5 Å². The average Bonchev–Trinajstić information content (AvgIpc) is 3.50. The van der Waals surface area contributed by atoms with E-state index in [-0.39, 0.29) is 42.8 Å². The maximum Gasteiger partial charge on any atom is 0.264 e. The summed E-state index contributed by atoms with van der Waals surface area (Å²) < 4.78 is 17.5. The fraction of sp³-hybridized carbons (Fsp3) is 0.200. The average molecular weight is 493 g/mol. The minimum Gasteiger partial charge on any atom is -0.454 e. The van der Waals surface area contributed by atoms with Gasteiger partial charge in [-0.1, -0.05) is 35.0 Å².